The Morgan fingerprint density at radius 2 is 1.68 bits per heavy atom. The Hall–Kier alpha value is -1.45. The Morgan fingerprint density at radius 3 is 2.32 bits per heavy atom. The van der Waals surface area contributed by atoms with Crippen molar-refractivity contribution in [2.75, 3.05) is 0 Å². The molecule has 100 valence electrons. The number of benzene rings is 2. The summed E-state index contributed by atoms with van der Waals surface area (Å²) in [6, 6.07) is 7.05. The fraction of sp³-hybridized carbons (Fsp3) is 0.200. The lowest BCUT2D eigenvalue weighted by atomic mass is 9.98. The van der Waals surface area contributed by atoms with Crippen LogP contribution in [0.4, 0.5) is 8.78 Å². The largest absolute Gasteiger partial charge is 0.384 e. The molecule has 4 heteroatoms. The van der Waals surface area contributed by atoms with Crippen LogP contribution in [-0.4, -0.2) is 5.11 Å². The van der Waals surface area contributed by atoms with E-state index in [0.717, 1.165) is 17.7 Å². The van der Waals surface area contributed by atoms with Gasteiger partial charge in [0.05, 0.1) is 0 Å². The minimum Gasteiger partial charge on any atom is -0.384 e. The minimum atomic E-state index is -1.24. The van der Waals surface area contributed by atoms with E-state index < -0.39 is 17.7 Å². The van der Waals surface area contributed by atoms with Crippen LogP contribution in [0.3, 0.4) is 0 Å². The molecular formula is C15H13ClF2O. The molecule has 1 N–H and O–H groups in total. The zero-order valence-corrected chi connectivity index (χ0v) is 11.3. The van der Waals surface area contributed by atoms with Gasteiger partial charge in [0.25, 0.3) is 0 Å². The van der Waals surface area contributed by atoms with Crippen molar-refractivity contribution in [1.82, 2.24) is 0 Å². The summed E-state index contributed by atoms with van der Waals surface area (Å²) in [6.07, 6.45) is -1.24. The molecule has 0 spiro atoms. The van der Waals surface area contributed by atoms with Gasteiger partial charge in [-0.2, -0.15) is 0 Å². The highest BCUT2D eigenvalue weighted by Crippen LogP contribution is 2.28. The summed E-state index contributed by atoms with van der Waals surface area (Å²) in [4.78, 5) is 0. The second-order valence-corrected chi connectivity index (χ2v) is 5.02. The van der Waals surface area contributed by atoms with Crippen molar-refractivity contribution in [3.05, 3.63) is 69.2 Å². The summed E-state index contributed by atoms with van der Waals surface area (Å²) >= 11 is 5.90. The van der Waals surface area contributed by atoms with Crippen molar-refractivity contribution in [2.45, 2.75) is 20.0 Å². The summed E-state index contributed by atoms with van der Waals surface area (Å²) in [6.45, 7) is 3.28. The first kappa shape index (κ1) is 14.0. The molecule has 1 atom stereocenters. The summed E-state index contributed by atoms with van der Waals surface area (Å²) in [5, 5.41) is 10.6. The van der Waals surface area contributed by atoms with E-state index in [1.807, 2.05) is 6.92 Å². The summed E-state index contributed by atoms with van der Waals surface area (Å²) in [5.74, 6) is -1.18. The van der Waals surface area contributed by atoms with Gasteiger partial charge in [-0.1, -0.05) is 17.7 Å². The molecule has 0 heterocycles. The normalized spacial score (nSPS) is 12.5. The maximum absolute atomic E-state index is 13.8. The lowest BCUT2D eigenvalue weighted by Crippen LogP contribution is -2.04. The standard InChI is InChI=1S/C15H13ClF2O/c1-8-3-10(6-11(16)4-8)15(19)12-7-13(17)9(2)5-14(12)18/h3-7,15,19H,1-2H3. The van der Waals surface area contributed by atoms with E-state index in [0.29, 0.717) is 10.6 Å². The number of hydrogen-bond donors (Lipinski definition) is 1. The van der Waals surface area contributed by atoms with E-state index in [2.05, 4.69) is 0 Å². The maximum Gasteiger partial charge on any atom is 0.129 e. The fourth-order valence-electron chi connectivity index (χ4n) is 1.97. The van der Waals surface area contributed by atoms with Gasteiger partial charge in [-0.15, -0.1) is 0 Å². The quantitative estimate of drug-likeness (QED) is 0.870. The molecular weight excluding hydrogens is 270 g/mol. The first-order valence-electron chi connectivity index (χ1n) is 5.79. The maximum atomic E-state index is 13.8. The second kappa shape index (κ2) is 5.27. The molecule has 2 rings (SSSR count). The third kappa shape index (κ3) is 2.94. The van der Waals surface area contributed by atoms with Crippen LogP contribution in [0.1, 0.15) is 28.4 Å². The molecule has 0 aromatic heterocycles. The second-order valence-electron chi connectivity index (χ2n) is 4.59. The molecule has 0 bridgehead atoms. The number of aliphatic hydroxyl groups excluding tert-OH is 1. The molecule has 0 saturated heterocycles. The summed E-state index contributed by atoms with van der Waals surface area (Å²) in [5.41, 5.74) is 1.39. The van der Waals surface area contributed by atoms with Gasteiger partial charge in [0, 0.05) is 10.6 Å². The van der Waals surface area contributed by atoms with Gasteiger partial charge in [0.1, 0.15) is 17.7 Å². The van der Waals surface area contributed by atoms with E-state index in [9.17, 15) is 13.9 Å². The average Bonchev–Trinajstić information content (AvgIpc) is 2.31. The first-order chi connectivity index (χ1) is 8.88. The molecule has 0 fully saturated rings. The van der Waals surface area contributed by atoms with Gasteiger partial charge in [0.15, 0.2) is 0 Å². The highest BCUT2D eigenvalue weighted by molar-refractivity contribution is 6.30. The Kier molecular flexibility index (Phi) is 3.88. The van der Waals surface area contributed by atoms with Gasteiger partial charge in [-0.25, -0.2) is 8.78 Å². The fourth-order valence-corrected chi connectivity index (χ4v) is 2.27. The summed E-state index contributed by atoms with van der Waals surface area (Å²) < 4.78 is 27.3. The van der Waals surface area contributed by atoms with Crippen molar-refractivity contribution in [3.8, 4) is 0 Å². The number of aliphatic hydroxyl groups is 1. The third-order valence-electron chi connectivity index (χ3n) is 2.95. The topological polar surface area (TPSA) is 20.2 Å². The van der Waals surface area contributed by atoms with Crippen molar-refractivity contribution in [1.29, 1.82) is 0 Å². The van der Waals surface area contributed by atoms with Crippen LogP contribution in [0.5, 0.6) is 0 Å². The highest BCUT2D eigenvalue weighted by Gasteiger charge is 2.18. The SMILES string of the molecule is Cc1cc(Cl)cc(C(O)c2cc(F)c(C)cc2F)c1. The molecule has 1 unspecified atom stereocenters. The van der Waals surface area contributed by atoms with E-state index in [4.69, 9.17) is 11.6 Å². The van der Waals surface area contributed by atoms with E-state index in [-0.39, 0.29) is 11.1 Å². The Morgan fingerprint density at radius 1 is 1.00 bits per heavy atom. The molecule has 19 heavy (non-hydrogen) atoms. The van der Waals surface area contributed by atoms with Crippen LogP contribution >= 0.6 is 11.6 Å². The van der Waals surface area contributed by atoms with Gasteiger partial charge in [0.2, 0.25) is 0 Å². The average molecular weight is 283 g/mol. The molecule has 2 aromatic rings. The van der Waals surface area contributed by atoms with Crippen molar-refractivity contribution >= 4 is 11.6 Å². The number of hydrogen-bond acceptors (Lipinski definition) is 1. The molecule has 0 amide bonds. The monoisotopic (exact) mass is 282 g/mol. The van der Waals surface area contributed by atoms with Crippen LogP contribution in [0.2, 0.25) is 5.02 Å². The van der Waals surface area contributed by atoms with Crippen LogP contribution in [0.15, 0.2) is 30.3 Å². The molecule has 1 nitrogen and oxygen atoms in total. The van der Waals surface area contributed by atoms with E-state index in [1.54, 1.807) is 12.1 Å². The molecule has 0 aliphatic carbocycles. The molecule has 0 aliphatic rings. The first-order valence-corrected chi connectivity index (χ1v) is 6.17. The van der Waals surface area contributed by atoms with Crippen molar-refractivity contribution in [2.24, 2.45) is 0 Å². The van der Waals surface area contributed by atoms with E-state index >= 15 is 0 Å². The number of aryl methyl sites for hydroxylation is 2. The van der Waals surface area contributed by atoms with Crippen molar-refractivity contribution < 1.29 is 13.9 Å². The Balaban J connectivity index is 2.49. The molecule has 0 radical (unpaired) electrons. The highest BCUT2D eigenvalue weighted by atomic mass is 35.5. The van der Waals surface area contributed by atoms with Gasteiger partial charge in [-0.05, 0) is 54.8 Å². The predicted octanol–water partition coefficient (Wildman–Crippen LogP) is 4.32. The number of rotatable bonds is 2. The van der Waals surface area contributed by atoms with Gasteiger partial charge < -0.3 is 5.11 Å². The van der Waals surface area contributed by atoms with Crippen molar-refractivity contribution in [3.63, 3.8) is 0 Å². The van der Waals surface area contributed by atoms with E-state index in [1.165, 1.54) is 13.0 Å². The van der Waals surface area contributed by atoms with Gasteiger partial charge >= 0.3 is 0 Å². The Bertz CT molecular complexity index is 606. The van der Waals surface area contributed by atoms with Crippen LogP contribution in [0, 0.1) is 25.5 Å². The van der Waals surface area contributed by atoms with Crippen LogP contribution in [0.25, 0.3) is 0 Å². The molecule has 0 aliphatic heterocycles. The van der Waals surface area contributed by atoms with Crippen LogP contribution < -0.4 is 0 Å². The molecule has 0 saturated carbocycles. The van der Waals surface area contributed by atoms with Crippen LogP contribution in [-0.2, 0) is 0 Å². The zero-order chi connectivity index (χ0) is 14.2. The lowest BCUT2D eigenvalue weighted by Gasteiger charge is -2.14. The molecule has 2 aromatic carbocycles. The predicted molar refractivity (Wildman–Crippen MR) is 71.3 cm³/mol. The third-order valence-corrected chi connectivity index (χ3v) is 3.17. The summed E-state index contributed by atoms with van der Waals surface area (Å²) in [7, 11) is 0. The minimum absolute atomic E-state index is 0.0928. The van der Waals surface area contributed by atoms with Gasteiger partial charge in [-0.3, -0.25) is 0 Å². The Labute approximate surface area is 115 Å². The lowest BCUT2D eigenvalue weighted by molar-refractivity contribution is 0.214. The zero-order valence-electron chi connectivity index (χ0n) is 10.5. The smallest absolute Gasteiger partial charge is 0.129 e. The number of halogens is 3.